The summed E-state index contributed by atoms with van der Waals surface area (Å²) in [6.07, 6.45) is 5.83. The number of hydrogen-bond donors (Lipinski definition) is 1. The van der Waals surface area contributed by atoms with Gasteiger partial charge in [0.1, 0.15) is 0 Å². The fourth-order valence-electron chi connectivity index (χ4n) is 1.01. The zero-order valence-electron chi connectivity index (χ0n) is 7.06. The molecule has 0 aliphatic carbocycles. The van der Waals surface area contributed by atoms with Gasteiger partial charge in [0.25, 0.3) is 0 Å². The number of pyridine rings is 1. The van der Waals surface area contributed by atoms with E-state index in [2.05, 4.69) is 4.98 Å². The summed E-state index contributed by atoms with van der Waals surface area (Å²) in [6.45, 7) is 1.75. The fraction of sp³-hybridized carbons (Fsp3) is 0.444. The molecular weight excluding hydrogens is 152 g/mol. The summed E-state index contributed by atoms with van der Waals surface area (Å²) in [5, 5.41) is 9.92. The normalized spacial score (nSPS) is 16.8. The van der Waals surface area contributed by atoms with Crippen LogP contribution in [0.1, 0.15) is 12.8 Å². The second kappa shape index (κ2) is 5.69. The largest absolute Gasteiger partial charge is 0.314 e. The highest BCUT2D eigenvalue weighted by Crippen LogP contribution is 2.01. The van der Waals surface area contributed by atoms with E-state index in [1.165, 1.54) is 5.06 Å². The van der Waals surface area contributed by atoms with E-state index in [0.29, 0.717) is 0 Å². The van der Waals surface area contributed by atoms with Crippen molar-refractivity contribution in [2.75, 3.05) is 13.1 Å². The summed E-state index contributed by atoms with van der Waals surface area (Å²) in [5.41, 5.74) is 0. The molecule has 0 spiro atoms. The molecular formula is C9H14N2O. The lowest BCUT2D eigenvalue weighted by Gasteiger charge is -1.99. The quantitative estimate of drug-likeness (QED) is 0.635. The molecule has 0 aromatic carbocycles. The van der Waals surface area contributed by atoms with Gasteiger partial charge in [-0.15, -0.1) is 0 Å². The lowest BCUT2D eigenvalue weighted by molar-refractivity contribution is -0.0678. The summed E-state index contributed by atoms with van der Waals surface area (Å²) in [5.74, 6) is 0. The van der Waals surface area contributed by atoms with Crippen LogP contribution < -0.4 is 0 Å². The highest BCUT2D eigenvalue weighted by molar-refractivity contribution is 4.88. The average Bonchev–Trinajstić information content (AvgIpc) is 2.60. The van der Waals surface area contributed by atoms with Crippen LogP contribution in [0.5, 0.6) is 0 Å². The second-order valence-electron chi connectivity index (χ2n) is 2.69. The van der Waals surface area contributed by atoms with Gasteiger partial charge in [-0.2, -0.15) is 5.06 Å². The first-order valence-electron chi connectivity index (χ1n) is 4.18. The lowest BCUT2D eigenvalue weighted by atomic mass is 10.4. The van der Waals surface area contributed by atoms with E-state index in [0.717, 1.165) is 25.9 Å². The van der Waals surface area contributed by atoms with Crippen molar-refractivity contribution in [2.45, 2.75) is 12.8 Å². The molecule has 0 unspecified atom stereocenters. The van der Waals surface area contributed by atoms with Crippen molar-refractivity contribution in [3.63, 3.8) is 0 Å². The van der Waals surface area contributed by atoms with Crippen molar-refractivity contribution < 1.29 is 5.21 Å². The highest BCUT2D eigenvalue weighted by Gasteiger charge is 2.05. The number of rotatable bonds is 0. The van der Waals surface area contributed by atoms with Gasteiger partial charge in [0.05, 0.1) is 0 Å². The lowest BCUT2D eigenvalue weighted by Crippen LogP contribution is -2.11. The maximum Gasteiger partial charge on any atom is 0.0267 e. The SMILES string of the molecule is ON1CCCC1.c1ccncc1. The van der Waals surface area contributed by atoms with Crippen LogP contribution in [-0.4, -0.2) is 28.3 Å². The van der Waals surface area contributed by atoms with Crippen molar-refractivity contribution >= 4 is 0 Å². The topological polar surface area (TPSA) is 36.4 Å². The number of nitrogens with zero attached hydrogens (tertiary/aromatic N) is 2. The Morgan fingerprint density at radius 1 is 1.00 bits per heavy atom. The van der Waals surface area contributed by atoms with Gasteiger partial charge in [-0.05, 0) is 25.0 Å². The molecule has 0 saturated carbocycles. The standard InChI is InChI=1S/C5H5N.C4H9NO/c1-2-4-6-5-3-1;6-5-3-1-2-4-5/h1-5H;6H,1-4H2. The van der Waals surface area contributed by atoms with Gasteiger partial charge >= 0.3 is 0 Å². The Bertz CT molecular complexity index is 158. The molecule has 66 valence electrons. The molecule has 1 aromatic heterocycles. The second-order valence-corrected chi connectivity index (χ2v) is 2.69. The Morgan fingerprint density at radius 2 is 1.58 bits per heavy atom. The third kappa shape index (κ3) is 4.05. The van der Waals surface area contributed by atoms with Crippen LogP contribution in [0, 0.1) is 0 Å². The van der Waals surface area contributed by atoms with Crippen LogP contribution in [0.4, 0.5) is 0 Å². The van der Waals surface area contributed by atoms with E-state index < -0.39 is 0 Å². The Kier molecular flexibility index (Phi) is 4.34. The smallest absolute Gasteiger partial charge is 0.0267 e. The molecule has 0 atom stereocenters. The first-order chi connectivity index (χ1) is 5.89. The summed E-state index contributed by atoms with van der Waals surface area (Å²) in [7, 11) is 0. The van der Waals surface area contributed by atoms with Crippen LogP contribution in [-0.2, 0) is 0 Å². The Labute approximate surface area is 72.6 Å². The third-order valence-electron chi connectivity index (χ3n) is 1.65. The van der Waals surface area contributed by atoms with Gasteiger partial charge in [-0.3, -0.25) is 4.98 Å². The molecule has 2 rings (SSSR count). The van der Waals surface area contributed by atoms with E-state index >= 15 is 0 Å². The van der Waals surface area contributed by atoms with Crippen LogP contribution in [0.2, 0.25) is 0 Å². The van der Waals surface area contributed by atoms with E-state index in [9.17, 15) is 0 Å². The highest BCUT2D eigenvalue weighted by atomic mass is 16.5. The predicted molar refractivity (Wildman–Crippen MR) is 46.8 cm³/mol. The van der Waals surface area contributed by atoms with Gasteiger partial charge in [-0.25, -0.2) is 0 Å². The molecule has 0 bridgehead atoms. The van der Waals surface area contributed by atoms with Gasteiger partial charge in [0.15, 0.2) is 0 Å². The molecule has 3 heteroatoms. The summed E-state index contributed by atoms with van der Waals surface area (Å²) in [4.78, 5) is 3.78. The Hall–Kier alpha value is -0.930. The molecule has 0 radical (unpaired) electrons. The molecule has 0 amide bonds. The van der Waals surface area contributed by atoms with E-state index in [1.807, 2.05) is 18.2 Å². The van der Waals surface area contributed by atoms with E-state index in [1.54, 1.807) is 12.4 Å². The molecule has 1 N–H and O–H groups in total. The average molecular weight is 166 g/mol. The fourth-order valence-corrected chi connectivity index (χ4v) is 1.01. The zero-order valence-corrected chi connectivity index (χ0v) is 7.06. The minimum absolute atomic E-state index is 0.875. The van der Waals surface area contributed by atoms with Crippen LogP contribution in [0.25, 0.3) is 0 Å². The minimum atomic E-state index is 0.875. The minimum Gasteiger partial charge on any atom is -0.314 e. The first-order valence-corrected chi connectivity index (χ1v) is 4.18. The maximum absolute atomic E-state index is 8.56. The number of aromatic nitrogens is 1. The Morgan fingerprint density at radius 3 is 1.75 bits per heavy atom. The van der Waals surface area contributed by atoms with E-state index in [-0.39, 0.29) is 0 Å². The number of hydrogen-bond acceptors (Lipinski definition) is 3. The van der Waals surface area contributed by atoms with Crippen LogP contribution >= 0.6 is 0 Å². The van der Waals surface area contributed by atoms with Crippen molar-refractivity contribution in [3.05, 3.63) is 30.6 Å². The predicted octanol–water partition coefficient (Wildman–Crippen LogP) is 1.55. The van der Waals surface area contributed by atoms with Crippen LogP contribution in [0.3, 0.4) is 0 Å². The first kappa shape index (κ1) is 9.16. The van der Waals surface area contributed by atoms with Crippen molar-refractivity contribution in [2.24, 2.45) is 0 Å². The van der Waals surface area contributed by atoms with Crippen molar-refractivity contribution in [1.82, 2.24) is 10.0 Å². The zero-order chi connectivity index (χ0) is 8.65. The summed E-state index contributed by atoms with van der Waals surface area (Å²) >= 11 is 0. The third-order valence-corrected chi connectivity index (χ3v) is 1.65. The molecule has 1 saturated heterocycles. The van der Waals surface area contributed by atoms with Gasteiger partial charge in [-0.1, -0.05) is 6.07 Å². The maximum atomic E-state index is 8.56. The molecule has 3 nitrogen and oxygen atoms in total. The van der Waals surface area contributed by atoms with Crippen molar-refractivity contribution in [3.8, 4) is 0 Å². The Balaban J connectivity index is 0.000000120. The molecule has 2 heterocycles. The van der Waals surface area contributed by atoms with E-state index in [4.69, 9.17) is 5.21 Å². The summed E-state index contributed by atoms with van der Waals surface area (Å²) < 4.78 is 0. The van der Waals surface area contributed by atoms with Gasteiger partial charge < -0.3 is 5.21 Å². The monoisotopic (exact) mass is 166 g/mol. The number of hydroxylamine groups is 2. The van der Waals surface area contributed by atoms with Crippen LogP contribution in [0.15, 0.2) is 30.6 Å². The molecule has 12 heavy (non-hydrogen) atoms. The molecule has 1 aliphatic heterocycles. The van der Waals surface area contributed by atoms with Gasteiger partial charge in [0.2, 0.25) is 0 Å². The summed E-state index contributed by atoms with van der Waals surface area (Å²) in [6, 6.07) is 5.72. The molecule has 1 aromatic rings. The van der Waals surface area contributed by atoms with Crippen molar-refractivity contribution in [1.29, 1.82) is 0 Å². The van der Waals surface area contributed by atoms with Gasteiger partial charge in [0, 0.05) is 25.5 Å². The molecule has 1 aliphatic rings. The molecule has 1 fully saturated rings.